The lowest BCUT2D eigenvalue weighted by atomic mass is 10.0. The molecule has 0 radical (unpaired) electrons. The summed E-state index contributed by atoms with van der Waals surface area (Å²) in [4.78, 5) is 30.8. The average Bonchev–Trinajstić information content (AvgIpc) is 2.75. The van der Waals surface area contributed by atoms with Gasteiger partial charge in [0.05, 0.1) is 6.61 Å². The van der Waals surface area contributed by atoms with Crippen LogP contribution in [0.3, 0.4) is 0 Å². The van der Waals surface area contributed by atoms with E-state index in [1.165, 1.54) is 0 Å². The number of urea groups is 1. The van der Waals surface area contributed by atoms with Crippen LogP contribution < -0.4 is 21.8 Å². The first-order valence-electron chi connectivity index (χ1n) is 10.5. The van der Waals surface area contributed by atoms with Gasteiger partial charge < -0.3 is 21.1 Å². The molecule has 0 bridgehead atoms. The summed E-state index contributed by atoms with van der Waals surface area (Å²) in [6, 6.07) is 7.26. The number of anilines is 1. The molecule has 0 aliphatic carbocycles. The van der Waals surface area contributed by atoms with Crippen molar-refractivity contribution in [2.24, 2.45) is 5.73 Å². The maximum absolute atomic E-state index is 13.0. The molecule has 1 saturated heterocycles. The predicted molar refractivity (Wildman–Crippen MR) is 118 cm³/mol. The Balaban J connectivity index is 1.72. The lowest BCUT2D eigenvalue weighted by molar-refractivity contribution is 0.153. The molecule has 1 unspecified atom stereocenters. The van der Waals surface area contributed by atoms with Crippen LogP contribution in [-0.2, 0) is 13.0 Å². The minimum Gasteiger partial charge on any atom is -0.395 e. The number of aliphatic hydroxyl groups is 1. The van der Waals surface area contributed by atoms with Crippen LogP contribution >= 0.6 is 0 Å². The van der Waals surface area contributed by atoms with Crippen LogP contribution in [0.5, 0.6) is 0 Å². The molecule has 6 N–H and O–H groups in total. The smallest absolute Gasteiger partial charge is 0.320 e. The number of rotatable bonds is 7. The van der Waals surface area contributed by atoms with E-state index >= 15 is 0 Å². The van der Waals surface area contributed by atoms with Crippen molar-refractivity contribution in [3.63, 3.8) is 0 Å². The van der Waals surface area contributed by atoms with Gasteiger partial charge >= 0.3 is 6.03 Å². The monoisotopic (exact) mass is 413 g/mol. The molecule has 1 aromatic carbocycles. The first-order valence-corrected chi connectivity index (χ1v) is 10.5. The van der Waals surface area contributed by atoms with Crippen LogP contribution in [-0.4, -0.2) is 53.3 Å². The number of nitrogens with two attached hydrogens (primary N) is 1. The van der Waals surface area contributed by atoms with Crippen LogP contribution in [0, 0.1) is 0 Å². The number of β-amino-alcohol motifs (C(OH)–C–C–N with tert-alkyl or cyclic N) is 1. The topological polar surface area (TPSA) is 123 Å². The Hall–Kier alpha value is -2.68. The van der Waals surface area contributed by atoms with E-state index in [9.17, 15) is 9.59 Å². The minimum absolute atomic E-state index is 0.0161. The highest BCUT2D eigenvalue weighted by Crippen LogP contribution is 2.19. The predicted octanol–water partition coefficient (Wildman–Crippen LogP) is 1.64. The van der Waals surface area contributed by atoms with E-state index in [4.69, 9.17) is 10.8 Å². The van der Waals surface area contributed by atoms with Crippen molar-refractivity contribution < 1.29 is 9.90 Å². The molecule has 1 atom stereocenters. The molecule has 2 amide bonds. The maximum Gasteiger partial charge on any atom is 0.320 e. The molecule has 1 fully saturated rings. The Labute approximate surface area is 176 Å². The number of carbonyl (C=O) groups excluding carboxylic acids is 1. The van der Waals surface area contributed by atoms with Gasteiger partial charge in [0.2, 0.25) is 0 Å². The van der Waals surface area contributed by atoms with Gasteiger partial charge in [0.15, 0.2) is 5.43 Å². The van der Waals surface area contributed by atoms with Gasteiger partial charge in [0.25, 0.3) is 0 Å². The standard InChI is InChI=1S/C22H31N5O3/c1-2-18-20(29)19(16-7-5-15(12-23)6-8-16)13-24-21(18)26-22(30)25-17-4-3-9-27(14-17)10-11-28/h5-8,13,17,28H,2-4,9-12,14,23H2,1H3,(H3,24,25,26,29,30). The number of nitrogens with zero attached hydrogens (tertiary/aromatic N) is 1. The molecular weight excluding hydrogens is 382 g/mol. The fraction of sp³-hybridized carbons (Fsp3) is 0.455. The number of hydrogen-bond acceptors (Lipinski definition) is 5. The first kappa shape index (κ1) is 22.0. The fourth-order valence-corrected chi connectivity index (χ4v) is 3.91. The number of pyridine rings is 1. The number of aromatic amines is 1. The Morgan fingerprint density at radius 2 is 2.10 bits per heavy atom. The normalized spacial score (nSPS) is 17.0. The summed E-state index contributed by atoms with van der Waals surface area (Å²) >= 11 is 0. The molecule has 0 saturated carbocycles. The van der Waals surface area contributed by atoms with E-state index in [1.807, 2.05) is 31.2 Å². The Kier molecular flexibility index (Phi) is 7.62. The van der Waals surface area contributed by atoms with Crippen molar-refractivity contribution in [1.82, 2.24) is 15.2 Å². The minimum atomic E-state index is -0.337. The zero-order valence-electron chi connectivity index (χ0n) is 17.4. The number of benzene rings is 1. The molecule has 8 heteroatoms. The Morgan fingerprint density at radius 1 is 1.33 bits per heavy atom. The first-order chi connectivity index (χ1) is 14.5. The third-order valence-electron chi connectivity index (χ3n) is 5.53. The third-order valence-corrected chi connectivity index (χ3v) is 5.53. The summed E-state index contributed by atoms with van der Waals surface area (Å²) in [6.45, 7) is 4.71. The number of carbonyl (C=O) groups is 1. The number of piperidine rings is 1. The van der Waals surface area contributed by atoms with E-state index in [-0.39, 0.29) is 24.1 Å². The number of likely N-dealkylation sites (tertiary alicyclic amines) is 1. The number of aliphatic hydroxyl groups excluding tert-OH is 1. The summed E-state index contributed by atoms with van der Waals surface area (Å²) in [7, 11) is 0. The number of H-pyrrole nitrogens is 1. The van der Waals surface area contributed by atoms with E-state index in [2.05, 4.69) is 20.5 Å². The van der Waals surface area contributed by atoms with Gasteiger partial charge in [-0.25, -0.2) is 4.79 Å². The number of aromatic nitrogens is 1. The average molecular weight is 414 g/mol. The molecule has 8 nitrogen and oxygen atoms in total. The van der Waals surface area contributed by atoms with Gasteiger partial charge in [-0.05, 0) is 36.9 Å². The summed E-state index contributed by atoms with van der Waals surface area (Å²) < 4.78 is 0. The Bertz CT molecular complexity index is 908. The van der Waals surface area contributed by atoms with Gasteiger partial charge in [-0.3, -0.25) is 15.0 Å². The molecule has 1 aliphatic heterocycles. The van der Waals surface area contributed by atoms with Crippen molar-refractivity contribution in [2.45, 2.75) is 38.8 Å². The number of hydrogen-bond donors (Lipinski definition) is 5. The second-order valence-electron chi connectivity index (χ2n) is 7.60. The highest BCUT2D eigenvalue weighted by Gasteiger charge is 2.22. The van der Waals surface area contributed by atoms with Crippen molar-refractivity contribution >= 4 is 11.8 Å². The largest absolute Gasteiger partial charge is 0.395 e. The second kappa shape index (κ2) is 10.4. The van der Waals surface area contributed by atoms with Crippen LogP contribution in [0.25, 0.3) is 11.1 Å². The van der Waals surface area contributed by atoms with Crippen LogP contribution in [0.1, 0.15) is 30.9 Å². The summed E-state index contributed by atoms with van der Waals surface area (Å²) in [5.74, 6) is 0.422. The van der Waals surface area contributed by atoms with Gasteiger partial charge in [-0.1, -0.05) is 31.2 Å². The lowest BCUT2D eigenvalue weighted by Gasteiger charge is -2.32. The maximum atomic E-state index is 13.0. The van der Waals surface area contributed by atoms with Crippen LogP contribution in [0.4, 0.5) is 10.6 Å². The molecule has 30 heavy (non-hydrogen) atoms. The Morgan fingerprint density at radius 3 is 2.77 bits per heavy atom. The zero-order valence-corrected chi connectivity index (χ0v) is 17.4. The van der Waals surface area contributed by atoms with Gasteiger partial charge in [0, 0.05) is 43.0 Å². The quantitative estimate of drug-likeness (QED) is 0.472. The molecular formula is C22H31N5O3. The number of nitrogens with one attached hydrogen (secondary N) is 3. The third kappa shape index (κ3) is 5.27. The molecule has 2 aromatic rings. The number of amides is 2. The summed E-state index contributed by atoms with van der Waals surface area (Å²) in [5.41, 5.74) is 8.46. The van der Waals surface area contributed by atoms with Crippen molar-refractivity contribution in [1.29, 1.82) is 0 Å². The van der Waals surface area contributed by atoms with Gasteiger partial charge in [-0.15, -0.1) is 0 Å². The zero-order chi connectivity index (χ0) is 21.5. The van der Waals surface area contributed by atoms with E-state index in [0.29, 0.717) is 43.0 Å². The molecule has 1 aliphatic rings. The SMILES string of the molecule is CCc1c(NC(=O)NC2CCCN(CCO)C2)[nH]cc(-c2ccc(CN)cc2)c1=O. The van der Waals surface area contributed by atoms with Crippen molar-refractivity contribution in [3.05, 3.63) is 51.8 Å². The molecule has 162 valence electrons. The van der Waals surface area contributed by atoms with Gasteiger partial charge in [-0.2, -0.15) is 0 Å². The van der Waals surface area contributed by atoms with Crippen LogP contribution in [0.2, 0.25) is 0 Å². The fourth-order valence-electron chi connectivity index (χ4n) is 3.91. The summed E-state index contributed by atoms with van der Waals surface area (Å²) in [6.07, 6.45) is 4.00. The highest BCUT2D eigenvalue weighted by molar-refractivity contribution is 5.89. The van der Waals surface area contributed by atoms with E-state index < -0.39 is 0 Å². The van der Waals surface area contributed by atoms with Crippen molar-refractivity contribution in [3.8, 4) is 11.1 Å². The second-order valence-corrected chi connectivity index (χ2v) is 7.60. The van der Waals surface area contributed by atoms with E-state index in [1.54, 1.807) is 6.20 Å². The molecule has 0 spiro atoms. The highest BCUT2D eigenvalue weighted by atomic mass is 16.3. The molecule has 3 rings (SSSR count). The molecule has 1 aromatic heterocycles. The van der Waals surface area contributed by atoms with E-state index in [0.717, 1.165) is 30.5 Å². The van der Waals surface area contributed by atoms with Crippen LogP contribution in [0.15, 0.2) is 35.3 Å². The molecule has 2 heterocycles. The summed E-state index contributed by atoms with van der Waals surface area (Å²) in [5, 5.41) is 14.9. The van der Waals surface area contributed by atoms with Crippen molar-refractivity contribution in [2.75, 3.05) is 31.6 Å². The lowest BCUT2D eigenvalue weighted by Crippen LogP contribution is -2.49. The van der Waals surface area contributed by atoms with Gasteiger partial charge in [0.1, 0.15) is 5.82 Å².